The van der Waals surface area contributed by atoms with Crippen LogP contribution >= 0.6 is 0 Å². The Hall–Kier alpha value is -2.99. The number of aliphatic hydroxyl groups excluding tert-OH is 1. The highest BCUT2D eigenvalue weighted by Crippen LogP contribution is 2.31. The van der Waals surface area contributed by atoms with Crippen LogP contribution in [-0.4, -0.2) is 32.3 Å². The summed E-state index contributed by atoms with van der Waals surface area (Å²) in [5, 5.41) is 10.5. The van der Waals surface area contributed by atoms with Crippen molar-refractivity contribution in [1.29, 1.82) is 0 Å². The molecule has 29 heavy (non-hydrogen) atoms. The van der Waals surface area contributed by atoms with Crippen molar-refractivity contribution in [1.82, 2.24) is 9.55 Å². The van der Waals surface area contributed by atoms with Gasteiger partial charge in [0.1, 0.15) is 0 Å². The number of hydrogen-bond acceptors (Lipinski definition) is 4. The fourth-order valence-electron chi connectivity index (χ4n) is 4.01. The first-order chi connectivity index (χ1) is 14.0. The summed E-state index contributed by atoms with van der Waals surface area (Å²) >= 11 is 0. The maximum absolute atomic E-state index is 12.9. The Labute approximate surface area is 168 Å². The Bertz CT molecular complexity index is 1140. The molecule has 150 valence electrons. The van der Waals surface area contributed by atoms with Crippen molar-refractivity contribution in [2.75, 3.05) is 0 Å². The molecule has 2 aromatic heterocycles. The summed E-state index contributed by atoms with van der Waals surface area (Å²) in [6.45, 7) is 1.98. The average molecular weight is 392 g/mol. The SMILES string of the molecule is CCC(=O)c1cc(C(=O)CC2CC(O)C2)cn(Cc2cccc3[nH]ccc23)c1=O. The molecule has 3 aromatic rings. The molecule has 0 saturated heterocycles. The van der Waals surface area contributed by atoms with Crippen molar-refractivity contribution in [2.45, 2.75) is 45.3 Å². The first kappa shape index (κ1) is 19.3. The van der Waals surface area contributed by atoms with Crippen molar-refractivity contribution in [2.24, 2.45) is 5.92 Å². The number of fused-ring (bicyclic) bond motifs is 1. The van der Waals surface area contributed by atoms with E-state index in [0.29, 0.717) is 24.8 Å². The number of aromatic amines is 1. The number of H-pyrrole nitrogens is 1. The molecule has 6 nitrogen and oxygen atoms in total. The molecule has 2 heterocycles. The van der Waals surface area contributed by atoms with Gasteiger partial charge in [-0.3, -0.25) is 14.4 Å². The summed E-state index contributed by atoms with van der Waals surface area (Å²) in [6, 6.07) is 9.20. The van der Waals surface area contributed by atoms with E-state index in [1.165, 1.54) is 10.6 Å². The van der Waals surface area contributed by atoms with Crippen LogP contribution in [0.4, 0.5) is 0 Å². The van der Waals surface area contributed by atoms with E-state index >= 15 is 0 Å². The number of carbonyl (C=O) groups is 2. The molecular formula is C23H24N2O4. The van der Waals surface area contributed by atoms with E-state index in [0.717, 1.165) is 16.5 Å². The number of rotatable bonds is 7. The van der Waals surface area contributed by atoms with Crippen LogP contribution in [0.1, 0.15) is 58.9 Å². The van der Waals surface area contributed by atoms with Crippen molar-refractivity contribution >= 4 is 22.5 Å². The van der Waals surface area contributed by atoms with E-state index in [1.807, 2.05) is 30.5 Å². The second-order valence-corrected chi connectivity index (χ2v) is 7.83. The van der Waals surface area contributed by atoms with Gasteiger partial charge in [0.25, 0.3) is 5.56 Å². The highest BCUT2D eigenvalue weighted by atomic mass is 16.3. The molecule has 1 fully saturated rings. The summed E-state index contributed by atoms with van der Waals surface area (Å²) in [5.74, 6) is -0.199. The van der Waals surface area contributed by atoms with Gasteiger partial charge in [-0.05, 0) is 42.5 Å². The minimum absolute atomic E-state index is 0.0632. The van der Waals surface area contributed by atoms with E-state index < -0.39 is 0 Å². The Morgan fingerprint density at radius 1 is 1.21 bits per heavy atom. The number of Topliss-reactive ketones (excluding diaryl/α,β-unsaturated/α-hetero) is 2. The highest BCUT2D eigenvalue weighted by Gasteiger charge is 2.29. The predicted molar refractivity (Wildman–Crippen MR) is 110 cm³/mol. The standard InChI is InChI=1S/C23H24N2O4/c1-2-21(27)19-11-16(22(28)10-14-8-17(26)9-14)13-25(23(19)29)12-15-4-3-5-20-18(15)6-7-24-20/h3-7,11,13-14,17,24,26H,2,8-10,12H2,1H3. The molecule has 0 radical (unpaired) electrons. The first-order valence-corrected chi connectivity index (χ1v) is 10.00. The molecule has 1 saturated carbocycles. The van der Waals surface area contributed by atoms with Crippen LogP contribution in [0.5, 0.6) is 0 Å². The topological polar surface area (TPSA) is 92.2 Å². The zero-order valence-electron chi connectivity index (χ0n) is 16.4. The number of aliphatic hydroxyl groups is 1. The Morgan fingerprint density at radius 3 is 2.72 bits per heavy atom. The molecule has 1 aromatic carbocycles. The van der Waals surface area contributed by atoms with Gasteiger partial charge in [0.15, 0.2) is 11.6 Å². The molecular weight excluding hydrogens is 368 g/mol. The van der Waals surface area contributed by atoms with Gasteiger partial charge in [-0.15, -0.1) is 0 Å². The van der Waals surface area contributed by atoms with Crippen LogP contribution in [0.15, 0.2) is 47.5 Å². The molecule has 6 heteroatoms. The Balaban J connectivity index is 1.72. The fraction of sp³-hybridized carbons (Fsp3) is 0.348. The largest absolute Gasteiger partial charge is 0.393 e. The molecule has 0 bridgehead atoms. The molecule has 0 unspecified atom stereocenters. The van der Waals surface area contributed by atoms with Crippen LogP contribution in [0.3, 0.4) is 0 Å². The second-order valence-electron chi connectivity index (χ2n) is 7.83. The lowest BCUT2D eigenvalue weighted by Gasteiger charge is -2.30. The van der Waals surface area contributed by atoms with Crippen molar-refractivity contribution in [3.63, 3.8) is 0 Å². The smallest absolute Gasteiger partial charge is 0.261 e. The summed E-state index contributed by atoms with van der Waals surface area (Å²) in [5.41, 5.74) is 1.97. The molecule has 4 rings (SSSR count). The van der Waals surface area contributed by atoms with Gasteiger partial charge in [-0.25, -0.2) is 0 Å². The molecule has 0 aliphatic heterocycles. The van der Waals surface area contributed by atoms with Gasteiger partial charge in [0, 0.05) is 41.7 Å². The van der Waals surface area contributed by atoms with E-state index in [-0.39, 0.29) is 47.7 Å². The number of hydrogen-bond donors (Lipinski definition) is 2. The number of pyridine rings is 1. The quantitative estimate of drug-likeness (QED) is 0.604. The molecule has 0 spiro atoms. The number of ketones is 2. The van der Waals surface area contributed by atoms with Crippen molar-refractivity contribution in [3.05, 3.63) is 69.8 Å². The van der Waals surface area contributed by atoms with Gasteiger partial charge in [0.2, 0.25) is 0 Å². The average Bonchev–Trinajstić information content (AvgIpc) is 3.17. The van der Waals surface area contributed by atoms with Crippen LogP contribution < -0.4 is 5.56 Å². The summed E-state index contributed by atoms with van der Waals surface area (Å²) in [6.07, 6.45) is 4.87. The van der Waals surface area contributed by atoms with Gasteiger partial charge < -0.3 is 14.7 Å². The minimum atomic E-state index is -0.375. The van der Waals surface area contributed by atoms with Crippen LogP contribution in [0.2, 0.25) is 0 Å². The lowest BCUT2D eigenvalue weighted by molar-refractivity contribution is 0.0381. The normalized spacial score (nSPS) is 18.6. The maximum Gasteiger partial charge on any atom is 0.261 e. The summed E-state index contributed by atoms with van der Waals surface area (Å²) in [7, 11) is 0. The third-order valence-electron chi connectivity index (χ3n) is 5.74. The van der Waals surface area contributed by atoms with Gasteiger partial charge in [-0.2, -0.15) is 0 Å². The molecule has 0 atom stereocenters. The third-order valence-corrected chi connectivity index (χ3v) is 5.74. The Kier molecular flexibility index (Phi) is 5.20. The van der Waals surface area contributed by atoms with Crippen molar-refractivity contribution in [3.8, 4) is 0 Å². The molecule has 2 N–H and O–H groups in total. The third kappa shape index (κ3) is 3.80. The zero-order valence-corrected chi connectivity index (χ0v) is 16.4. The second kappa shape index (κ2) is 7.79. The lowest BCUT2D eigenvalue weighted by atomic mass is 9.78. The number of benzene rings is 1. The van der Waals surface area contributed by atoms with Gasteiger partial charge in [0.05, 0.1) is 18.2 Å². The van der Waals surface area contributed by atoms with Gasteiger partial charge >= 0.3 is 0 Å². The molecule has 1 aliphatic rings. The van der Waals surface area contributed by atoms with E-state index in [9.17, 15) is 19.5 Å². The van der Waals surface area contributed by atoms with Gasteiger partial charge in [-0.1, -0.05) is 19.1 Å². The summed E-state index contributed by atoms with van der Waals surface area (Å²) < 4.78 is 1.47. The monoisotopic (exact) mass is 392 g/mol. The minimum Gasteiger partial charge on any atom is -0.393 e. The zero-order chi connectivity index (χ0) is 20.5. The van der Waals surface area contributed by atoms with Crippen LogP contribution in [-0.2, 0) is 6.54 Å². The van der Waals surface area contributed by atoms with Crippen LogP contribution in [0, 0.1) is 5.92 Å². The highest BCUT2D eigenvalue weighted by molar-refractivity contribution is 6.01. The first-order valence-electron chi connectivity index (χ1n) is 10.00. The fourth-order valence-corrected chi connectivity index (χ4v) is 4.01. The molecule has 1 aliphatic carbocycles. The number of aromatic nitrogens is 2. The lowest BCUT2D eigenvalue weighted by Crippen LogP contribution is -2.31. The molecule has 0 amide bonds. The Morgan fingerprint density at radius 2 is 2.00 bits per heavy atom. The summed E-state index contributed by atoms with van der Waals surface area (Å²) in [4.78, 5) is 41.2. The van der Waals surface area contributed by atoms with E-state index in [1.54, 1.807) is 13.1 Å². The van der Waals surface area contributed by atoms with Crippen LogP contribution in [0.25, 0.3) is 10.9 Å². The predicted octanol–water partition coefficient (Wildman–Crippen LogP) is 3.31. The van der Waals surface area contributed by atoms with Crippen molar-refractivity contribution < 1.29 is 14.7 Å². The maximum atomic E-state index is 12.9. The number of carbonyl (C=O) groups excluding carboxylic acids is 2. The van der Waals surface area contributed by atoms with E-state index in [4.69, 9.17) is 0 Å². The number of nitrogens with zero attached hydrogens (tertiary/aromatic N) is 1. The van der Waals surface area contributed by atoms with E-state index in [2.05, 4.69) is 4.98 Å². The number of nitrogens with one attached hydrogen (secondary N) is 1.